The second-order valence-corrected chi connectivity index (χ2v) is 5.02. The quantitative estimate of drug-likeness (QED) is 0.819. The second kappa shape index (κ2) is 4.98. The normalized spacial score (nSPS) is 19.4. The standard InChI is InChI=1S/C14H22N2/c1-2-14(15)11-16(12-14)10-6-9-13-7-4-3-5-8-13/h3-5,7-8H,2,6,9-12,15H2,1H3. The lowest BCUT2D eigenvalue weighted by molar-refractivity contribution is 0.0671. The first-order valence-corrected chi connectivity index (χ1v) is 6.27. The van der Waals surface area contributed by atoms with Crippen LogP contribution in [0.25, 0.3) is 0 Å². The number of rotatable bonds is 5. The van der Waals surface area contributed by atoms with Crippen LogP contribution < -0.4 is 5.73 Å². The van der Waals surface area contributed by atoms with Crippen LogP contribution in [0.15, 0.2) is 30.3 Å². The summed E-state index contributed by atoms with van der Waals surface area (Å²) in [6.07, 6.45) is 3.52. The zero-order chi connectivity index (χ0) is 11.4. The van der Waals surface area contributed by atoms with E-state index in [4.69, 9.17) is 5.73 Å². The van der Waals surface area contributed by atoms with Crippen molar-refractivity contribution in [2.24, 2.45) is 5.73 Å². The lowest BCUT2D eigenvalue weighted by Crippen LogP contribution is -2.66. The minimum Gasteiger partial charge on any atom is -0.323 e. The van der Waals surface area contributed by atoms with Gasteiger partial charge >= 0.3 is 0 Å². The molecule has 2 heteroatoms. The molecule has 1 aliphatic heterocycles. The maximum absolute atomic E-state index is 6.13. The average molecular weight is 218 g/mol. The molecule has 1 aromatic carbocycles. The predicted molar refractivity (Wildman–Crippen MR) is 68.4 cm³/mol. The Labute approximate surface area is 98.4 Å². The highest BCUT2D eigenvalue weighted by atomic mass is 15.2. The maximum Gasteiger partial charge on any atom is 0.0409 e. The topological polar surface area (TPSA) is 29.3 Å². The molecule has 0 amide bonds. The van der Waals surface area contributed by atoms with Crippen LogP contribution in [0.2, 0.25) is 0 Å². The third-order valence-electron chi connectivity index (χ3n) is 3.56. The molecule has 1 fully saturated rings. The van der Waals surface area contributed by atoms with Gasteiger partial charge in [0.2, 0.25) is 0 Å². The molecule has 1 aliphatic rings. The molecule has 2 rings (SSSR count). The van der Waals surface area contributed by atoms with E-state index in [1.54, 1.807) is 0 Å². The summed E-state index contributed by atoms with van der Waals surface area (Å²) in [6, 6.07) is 10.7. The summed E-state index contributed by atoms with van der Waals surface area (Å²) < 4.78 is 0. The summed E-state index contributed by atoms with van der Waals surface area (Å²) in [4.78, 5) is 2.46. The Morgan fingerprint density at radius 2 is 1.94 bits per heavy atom. The van der Waals surface area contributed by atoms with Crippen molar-refractivity contribution in [2.45, 2.75) is 31.7 Å². The molecule has 0 radical (unpaired) electrons. The Hall–Kier alpha value is -0.860. The molecule has 0 atom stereocenters. The van der Waals surface area contributed by atoms with E-state index in [1.165, 1.54) is 24.9 Å². The van der Waals surface area contributed by atoms with Gasteiger partial charge in [-0.2, -0.15) is 0 Å². The van der Waals surface area contributed by atoms with Crippen molar-refractivity contribution < 1.29 is 0 Å². The van der Waals surface area contributed by atoms with E-state index in [9.17, 15) is 0 Å². The Kier molecular flexibility index (Phi) is 3.62. The van der Waals surface area contributed by atoms with E-state index < -0.39 is 0 Å². The molecule has 0 unspecified atom stereocenters. The number of aryl methyl sites for hydroxylation is 1. The van der Waals surface area contributed by atoms with Crippen LogP contribution in [0.1, 0.15) is 25.3 Å². The fourth-order valence-electron chi connectivity index (χ4n) is 2.38. The van der Waals surface area contributed by atoms with Crippen LogP contribution in [0.5, 0.6) is 0 Å². The first kappa shape index (κ1) is 11.6. The number of likely N-dealkylation sites (tertiary alicyclic amines) is 1. The molecular formula is C14H22N2. The Balaban J connectivity index is 1.64. The van der Waals surface area contributed by atoms with Crippen molar-refractivity contribution in [3.05, 3.63) is 35.9 Å². The third-order valence-corrected chi connectivity index (χ3v) is 3.56. The summed E-state index contributed by atoms with van der Waals surface area (Å²) in [5, 5.41) is 0. The van der Waals surface area contributed by atoms with E-state index in [0.717, 1.165) is 19.5 Å². The van der Waals surface area contributed by atoms with E-state index in [2.05, 4.69) is 42.2 Å². The van der Waals surface area contributed by atoms with Crippen molar-refractivity contribution >= 4 is 0 Å². The average Bonchev–Trinajstić information content (AvgIpc) is 2.28. The molecule has 0 aromatic heterocycles. The van der Waals surface area contributed by atoms with Crippen molar-refractivity contribution in [2.75, 3.05) is 19.6 Å². The predicted octanol–water partition coefficient (Wildman–Crippen LogP) is 2.04. The lowest BCUT2D eigenvalue weighted by Gasteiger charge is -2.47. The molecule has 0 spiro atoms. The first-order chi connectivity index (χ1) is 7.72. The molecular weight excluding hydrogens is 196 g/mol. The van der Waals surface area contributed by atoms with Gasteiger partial charge in [-0.15, -0.1) is 0 Å². The van der Waals surface area contributed by atoms with Crippen LogP contribution >= 0.6 is 0 Å². The molecule has 0 saturated carbocycles. The van der Waals surface area contributed by atoms with Gasteiger partial charge in [0.05, 0.1) is 0 Å². The summed E-state index contributed by atoms with van der Waals surface area (Å²) in [6.45, 7) is 5.53. The highest BCUT2D eigenvalue weighted by Crippen LogP contribution is 2.21. The highest BCUT2D eigenvalue weighted by Gasteiger charge is 2.36. The monoisotopic (exact) mass is 218 g/mol. The molecule has 1 heterocycles. The SMILES string of the molecule is CCC1(N)CN(CCCc2ccccc2)C1. The van der Waals surface area contributed by atoms with Gasteiger partial charge in [-0.25, -0.2) is 0 Å². The number of hydrogen-bond donors (Lipinski definition) is 1. The summed E-state index contributed by atoms with van der Waals surface area (Å²) in [5.74, 6) is 0. The van der Waals surface area contributed by atoms with Crippen LogP contribution in [0.4, 0.5) is 0 Å². The molecule has 0 aliphatic carbocycles. The Morgan fingerprint density at radius 3 is 2.56 bits per heavy atom. The third kappa shape index (κ3) is 2.83. The van der Waals surface area contributed by atoms with E-state index >= 15 is 0 Å². The Bertz CT molecular complexity index is 315. The van der Waals surface area contributed by atoms with Gasteiger partial charge < -0.3 is 5.73 Å². The number of hydrogen-bond acceptors (Lipinski definition) is 2. The Morgan fingerprint density at radius 1 is 1.25 bits per heavy atom. The second-order valence-electron chi connectivity index (χ2n) is 5.02. The fraction of sp³-hybridized carbons (Fsp3) is 0.571. The van der Waals surface area contributed by atoms with E-state index in [0.29, 0.717) is 0 Å². The van der Waals surface area contributed by atoms with E-state index in [1.807, 2.05) is 0 Å². The largest absolute Gasteiger partial charge is 0.323 e. The molecule has 2 N–H and O–H groups in total. The van der Waals surface area contributed by atoms with Gasteiger partial charge in [-0.3, -0.25) is 4.90 Å². The van der Waals surface area contributed by atoms with Gasteiger partial charge in [0.15, 0.2) is 0 Å². The van der Waals surface area contributed by atoms with Crippen molar-refractivity contribution in [3.63, 3.8) is 0 Å². The van der Waals surface area contributed by atoms with Crippen molar-refractivity contribution in [1.29, 1.82) is 0 Å². The van der Waals surface area contributed by atoms with Crippen LogP contribution in [-0.2, 0) is 6.42 Å². The van der Waals surface area contributed by atoms with E-state index in [-0.39, 0.29) is 5.54 Å². The van der Waals surface area contributed by atoms with Gasteiger partial charge in [0.25, 0.3) is 0 Å². The molecule has 1 saturated heterocycles. The van der Waals surface area contributed by atoms with Gasteiger partial charge in [-0.05, 0) is 31.4 Å². The molecule has 0 bridgehead atoms. The fourth-order valence-corrected chi connectivity index (χ4v) is 2.38. The molecule has 2 nitrogen and oxygen atoms in total. The summed E-state index contributed by atoms with van der Waals surface area (Å²) >= 11 is 0. The molecule has 88 valence electrons. The number of benzene rings is 1. The van der Waals surface area contributed by atoms with Gasteiger partial charge in [0, 0.05) is 18.6 Å². The first-order valence-electron chi connectivity index (χ1n) is 6.27. The van der Waals surface area contributed by atoms with Gasteiger partial charge in [-0.1, -0.05) is 37.3 Å². The van der Waals surface area contributed by atoms with Crippen molar-refractivity contribution in [3.8, 4) is 0 Å². The minimum absolute atomic E-state index is 0.118. The number of nitrogens with two attached hydrogens (primary N) is 1. The lowest BCUT2D eigenvalue weighted by atomic mass is 9.88. The smallest absolute Gasteiger partial charge is 0.0409 e. The zero-order valence-corrected chi connectivity index (χ0v) is 10.2. The van der Waals surface area contributed by atoms with Crippen molar-refractivity contribution in [1.82, 2.24) is 4.90 Å². The molecule has 1 aromatic rings. The van der Waals surface area contributed by atoms with Crippen LogP contribution in [0.3, 0.4) is 0 Å². The van der Waals surface area contributed by atoms with Gasteiger partial charge in [0.1, 0.15) is 0 Å². The number of nitrogens with zero attached hydrogens (tertiary/aromatic N) is 1. The van der Waals surface area contributed by atoms with Crippen LogP contribution in [-0.4, -0.2) is 30.1 Å². The minimum atomic E-state index is 0.118. The highest BCUT2D eigenvalue weighted by molar-refractivity contribution is 5.14. The summed E-state index contributed by atoms with van der Waals surface area (Å²) in [5.41, 5.74) is 7.69. The summed E-state index contributed by atoms with van der Waals surface area (Å²) in [7, 11) is 0. The maximum atomic E-state index is 6.13. The zero-order valence-electron chi connectivity index (χ0n) is 10.2. The molecule has 16 heavy (non-hydrogen) atoms. The van der Waals surface area contributed by atoms with Crippen LogP contribution in [0, 0.1) is 0 Å².